The second kappa shape index (κ2) is 7.53. The Labute approximate surface area is 154 Å². The standard InChI is InChI=1S/C19H27N5O2/c1-4-17-20-11-15(12-21-17)13-23-9-6-19(7-10-23,18(25)26)24-8-5-16(22-24)14(2)3/h5,8,11-12,14H,4,6-7,9-10,13H2,1-3H3,(H,25,26). The van der Waals surface area contributed by atoms with E-state index in [4.69, 9.17) is 0 Å². The number of aromatic nitrogens is 4. The van der Waals surface area contributed by atoms with Gasteiger partial charge < -0.3 is 5.11 Å². The van der Waals surface area contributed by atoms with Crippen molar-refractivity contribution < 1.29 is 9.90 Å². The van der Waals surface area contributed by atoms with E-state index in [2.05, 4.69) is 33.8 Å². The number of likely N-dealkylation sites (tertiary alicyclic amines) is 1. The number of piperidine rings is 1. The summed E-state index contributed by atoms with van der Waals surface area (Å²) in [6, 6.07) is 1.92. The van der Waals surface area contributed by atoms with E-state index in [0.29, 0.717) is 25.9 Å². The molecule has 7 heteroatoms. The molecule has 0 radical (unpaired) electrons. The van der Waals surface area contributed by atoms with Gasteiger partial charge in [0.2, 0.25) is 0 Å². The minimum Gasteiger partial charge on any atom is -0.479 e. The molecule has 0 atom stereocenters. The third-order valence-corrected chi connectivity index (χ3v) is 5.20. The number of nitrogens with zero attached hydrogens (tertiary/aromatic N) is 5. The van der Waals surface area contributed by atoms with E-state index >= 15 is 0 Å². The van der Waals surface area contributed by atoms with Gasteiger partial charge in [-0.3, -0.25) is 9.58 Å². The maximum atomic E-state index is 12.1. The van der Waals surface area contributed by atoms with Crippen molar-refractivity contribution in [2.45, 2.75) is 58.0 Å². The van der Waals surface area contributed by atoms with Crippen molar-refractivity contribution in [1.29, 1.82) is 0 Å². The summed E-state index contributed by atoms with van der Waals surface area (Å²) in [6.45, 7) is 8.32. The van der Waals surface area contributed by atoms with Crippen LogP contribution in [-0.4, -0.2) is 48.8 Å². The summed E-state index contributed by atoms with van der Waals surface area (Å²) in [5.74, 6) is 0.330. The van der Waals surface area contributed by atoms with Crippen LogP contribution in [0, 0.1) is 0 Å². The first-order valence-electron chi connectivity index (χ1n) is 9.26. The summed E-state index contributed by atoms with van der Waals surface area (Å²) >= 11 is 0. The lowest BCUT2D eigenvalue weighted by Crippen LogP contribution is -2.51. The Balaban J connectivity index is 1.69. The van der Waals surface area contributed by atoms with Gasteiger partial charge >= 0.3 is 5.97 Å². The van der Waals surface area contributed by atoms with Crippen LogP contribution in [0.4, 0.5) is 0 Å². The van der Waals surface area contributed by atoms with Crippen LogP contribution < -0.4 is 0 Å². The first-order valence-corrected chi connectivity index (χ1v) is 9.26. The van der Waals surface area contributed by atoms with Crippen LogP contribution in [0.5, 0.6) is 0 Å². The maximum absolute atomic E-state index is 12.1. The van der Waals surface area contributed by atoms with E-state index in [1.54, 1.807) is 4.68 Å². The average molecular weight is 357 g/mol. The molecule has 0 saturated carbocycles. The van der Waals surface area contributed by atoms with E-state index in [0.717, 1.165) is 30.0 Å². The average Bonchev–Trinajstić information content (AvgIpc) is 3.14. The number of aryl methyl sites for hydroxylation is 1. The van der Waals surface area contributed by atoms with Crippen molar-refractivity contribution in [3.05, 3.63) is 41.7 Å². The predicted molar refractivity (Wildman–Crippen MR) is 97.8 cm³/mol. The highest BCUT2D eigenvalue weighted by Crippen LogP contribution is 2.31. The van der Waals surface area contributed by atoms with Crippen molar-refractivity contribution in [2.75, 3.05) is 13.1 Å². The highest BCUT2D eigenvalue weighted by Gasteiger charge is 2.44. The summed E-state index contributed by atoms with van der Waals surface area (Å²) in [5.41, 5.74) is 1.04. The minimum atomic E-state index is -0.952. The summed E-state index contributed by atoms with van der Waals surface area (Å²) in [4.78, 5) is 23.0. The zero-order valence-electron chi connectivity index (χ0n) is 15.7. The number of aliphatic carboxylic acids is 1. The molecule has 3 heterocycles. The number of hydrogen-bond acceptors (Lipinski definition) is 5. The molecule has 0 amide bonds. The van der Waals surface area contributed by atoms with Gasteiger partial charge in [0.1, 0.15) is 5.82 Å². The van der Waals surface area contributed by atoms with Crippen molar-refractivity contribution in [2.24, 2.45) is 0 Å². The molecule has 1 aliphatic heterocycles. The lowest BCUT2D eigenvalue weighted by Gasteiger charge is -2.39. The molecule has 3 rings (SSSR count). The summed E-state index contributed by atoms with van der Waals surface area (Å²) < 4.78 is 1.67. The van der Waals surface area contributed by atoms with Crippen LogP contribution in [0.2, 0.25) is 0 Å². The molecule has 1 aliphatic rings. The van der Waals surface area contributed by atoms with Crippen molar-refractivity contribution >= 4 is 5.97 Å². The van der Waals surface area contributed by atoms with Crippen LogP contribution in [0.25, 0.3) is 0 Å². The molecule has 140 valence electrons. The molecule has 2 aromatic heterocycles. The van der Waals surface area contributed by atoms with Gasteiger partial charge in [-0.1, -0.05) is 20.8 Å². The monoisotopic (exact) mass is 357 g/mol. The van der Waals surface area contributed by atoms with Crippen molar-refractivity contribution in [3.8, 4) is 0 Å². The minimum absolute atomic E-state index is 0.285. The Morgan fingerprint density at radius 3 is 2.42 bits per heavy atom. The number of carboxylic acids is 1. The number of carbonyl (C=O) groups is 1. The van der Waals surface area contributed by atoms with Gasteiger partial charge in [0, 0.05) is 50.2 Å². The Morgan fingerprint density at radius 1 is 1.27 bits per heavy atom. The van der Waals surface area contributed by atoms with E-state index in [-0.39, 0.29) is 5.92 Å². The molecular formula is C19H27N5O2. The maximum Gasteiger partial charge on any atom is 0.331 e. The fraction of sp³-hybridized carbons (Fsp3) is 0.579. The highest BCUT2D eigenvalue weighted by atomic mass is 16.4. The summed E-state index contributed by atoms with van der Waals surface area (Å²) in [7, 11) is 0. The molecule has 1 N–H and O–H groups in total. The van der Waals surface area contributed by atoms with Gasteiger partial charge in [0.05, 0.1) is 5.69 Å². The van der Waals surface area contributed by atoms with Crippen LogP contribution in [0.3, 0.4) is 0 Å². The largest absolute Gasteiger partial charge is 0.479 e. The Hall–Kier alpha value is -2.28. The van der Waals surface area contributed by atoms with Crippen LogP contribution >= 0.6 is 0 Å². The fourth-order valence-corrected chi connectivity index (χ4v) is 3.41. The van der Waals surface area contributed by atoms with Crippen molar-refractivity contribution in [1.82, 2.24) is 24.6 Å². The lowest BCUT2D eigenvalue weighted by molar-refractivity contribution is -0.151. The van der Waals surface area contributed by atoms with Crippen LogP contribution in [-0.2, 0) is 23.3 Å². The Bertz CT molecular complexity index is 746. The molecule has 0 aromatic carbocycles. The van der Waals surface area contributed by atoms with Gasteiger partial charge in [-0.05, 0) is 24.8 Å². The van der Waals surface area contributed by atoms with Gasteiger partial charge in [0.15, 0.2) is 5.54 Å². The first-order chi connectivity index (χ1) is 12.4. The van der Waals surface area contributed by atoms with Gasteiger partial charge in [-0.2, -0.15) is 5.10 Å². The molecule has 7 nitrogen and oxygen atoms in total. The van der Waals surface area contributed by atoms with Gasteiger partial charge in [0.25, 0.3) is 0 Å². The smallest absolute Gasteiger partial charge is 0.331 e. The van der Waals surface area contributed by atoms with Gasteiger partial charge in [-0.25, -0.2) is 14.8 Å². The van der Waals surface area contributed by atoms with Crippen LogP contribution in [0.15, 0.2) is 24.7 Å². The second-order valence-corrected chi connectivity index (χ2v) is 7.31. The third-order valence-electron chi connectivity index (χ3n) is 5.20. The molecule has 0 bridgehead atoms. The molecule has 2 aromatic rings. The molecule has 1 saturated heterocycles. The Kier molecular flexibility index (Phi) is 5.36. The third kappa shape index (κ3) is 3.62. The van der Waals surface area contributed by atoms with Gasteiger partial charge in [-0.15, -0.1) is 0 Å². The van der Waals surface area contributed by atoms with Crippen LogP contribution in [0.1, 0.15) is 56.6 Å². The zero-order valence-corrected chi connectivity index (χ0v) is 15.7. The van der Waals surface area contributed by atoms with Crippen molar-refractivity contribution in [3.63, 3.8) is 0 Å². The molecule has 0 aliphatic carbocycles. The van der Waals surface area contributed by atoms with E-state index in [1.807, 2.05) is 31.6 Å². The molecule has 0 unspecified atom stereocenters. The lowest BCUT2D eigenvalue weighted by atomic mass is 9.87. The molecular weight excluding hydrogens is 330 g/mol. The summed E-state index contributed by atoms with van der Waals surface area (Å²) in [6.07, 6.45) is 7.45. The van der Waals surface area contributed by atoms with E-state index < -0.39 is 11.5 Å². The highest BCUT2D eigenvalue weighted by molar-refractivity contribution is 5.76. The zero-order chi connectivity index (χ0) is 18.7. The first kappa shape index (κ1) is 18.5. The van der Waals surface area contributed by atoms with E-state index in [9.17, 15) is 9.90 Å². The SMILES string of the molecule is CCc1ncc(CN2CCC(C(=O)O)(n3ccc(C(C)C)n3)CC2)cn1. The fourth-order valence-electron chi connectivity index (χ4n) is 3.41. The predicted octanol–water partition coefficient (Wildman–Crippen LogP) is 2.43. The Morgan fingerprint density at radius 2 is 1.92 bits per heavy atom. The molecule has 1 fully saturated rings. The second-order valence-electron chi connectivity index (χ2n) is 7.31. The number of rotatable bonds is 6. The van der Waals surface area contributed by atoms with E-state index in [1.165, 1.54) is 0 Å². The quantitative estimate of drug-likeness (QED) is 0.855. The molecule has 0 spiro atoms. The topological polar surface area (TPSA) is 84.1 Å². The normalized spacial score (nSPS) is 17.5. The summed E-state index contributed by atoms with van der Waals surface area (Å²) in [5, 5.41) is 14.5. The number of hydrogen-bond donors (Lipinski definition) is 1. The molecule has 26 heavy (non-hydrogen) atoms. The number of carboxylic acid groups (broad SMARTS) is 1.